The van der Waals surface area contributed by atoms with E-state index in [1.807, 2.05) is 36.5 Å². The third-order valence-corrected chi connectivity index (χ3v) is 3.75. The summed E-state index contributed by atoms with van der Waals surface area (Å²) in [5, 5.41) is -0.406. The number of hydrogen-bond acceptors (Lipinski definition) is 2. The largest absolute Gasteiger partial charge is 0.288 e. The zero-order valence-electron chi connectivity index (χ0n) is 13.2. The van der Waals surface area contributed by atoms with Gasteiger partial charge in [-0.25, -0.2) is 0 Å². The van der Waals surface area contributed by atoms with E-state index in [1.54, 1.807) is 24.3 Å². The first kappa shape index (κ1) is 18.7. The lowest BCUT2D eigenvalue weighted by Gasteiger charge is -2.00. The summed E-state index contributed by atoms with van der Waals surface area (Å²) in [6.45, 7) is 0. The zero-order chi connectivity index (χ0) is 18.1. The molecule has 2 rings (SSSR count). The summed E-state index contributed by atoms with van der Waals surface area (Å²) in [4.78, 5) is 23.7. The van der Waals surface area contributed by atoms with E-state index in [2.05, 4.69) is 11.5 Å². The van der Waals surface area contributed by atoms with Crippen molar-refractivity contribution in [3.8, 4) is 0 Å². The molecule has 0 aromatic heterocycles. The number of ketones is 2. The Morgan fingerprint density at radius 3 is 1.48 bits per heavy atom. The minimum absolute atomic E-state index is 0.203. The number of hydrogen-bond donors (Lipinski definition) is 0. The molecule has 0 fully saturated rings. The molecule has 0 N–H and O–H groups in total. The van der Waals surface area contributed by atoms with Gasteiger partial charge in [0.15, 0.2) is 0 Å². The van der Waals surface area contributed by atoms with Crippen molar-refractivity contribution in [1.82, 2.24) is 0 Å². The second-order valence-corrected chi connectivity index (χ2v) is 5.84. The lowest BCUT2D eigenvalue weighted by atomic mass is 10.0. The van der Waals surface area contributed by atoms with Gasteiger partial charge in [-0.2, -0.15) is 0 Å². The van der Waals surface area contributed by atoms with Crippen molar-refractivity contribution in [3.63, 3.8) is 0 Å². The molecule has 0 aliphatic heterocycles. The van der Waals surface area contributed by atoms with Crippen molar-refractivity contribution >= 4 is 34.8 Å². The van der Waals surface area contributed by atoms with E-state index in [1.165, 1.54) is 12.2 Å². The molecule has 0 spiro atoms. The van der Waals surface area contributed by atoms with Gasteiger partial charge < -0.3 is 0 Å². The van der Waals surface area contributed by atoms with Crippen LogP contribution in [0.1, 0.15) is 6.42 Å². The van der Waals surface area contributed by atoms with Crippen LogP contribution in [0.5, 0.6) is 0 Å². The van der Waals surface area contributed by atoms with E-state index in [-0.39, 0.29) is 10.1 Å². The molecule has 25 heavy (non-hydrogen) atoms. The Bertz CT molecular complexity index is 818. The van der Waals surface area contributed by atoms with Gasteiger partial charge in [-0.1, -0.05) is 84.0 Å². The highest BCUT2D eigenvalue weighted by molar-refractivity contribution is 6.45. The van der Waals surface area contributed by atoms with E-state index in [4.69, 9.17) is 23.2 Å². The van der Waals surface area contributed by atoms with Crippen molar-refractivity contribution in [2.45, 2.75) is 6.42 Å². The minimum atomic E-state index is -0.451. The van der Waals surface area contributed by atoms with E-state index in [9.17, 15) is 9.59 Å². The normalized spacial score (nSPS) is 23.4. The Balaban J connectivity index is 2.43. The molecule has 124 valence electrons. The highest BCUT2D eigenvalue weighted by Gasteiger charge is 2.03. The monoisotopic (exact) mass is 368 g/mol. The number of halogens is 2. The molecule has 0 amide bonds. The van der Waals surface area contributed by atoms with Crippen LogP contribution in [0.2, 0.25) is 0 Å². The maximum absolute atomic E-state index is 11.8. The third kappa shape index (κ3) is 6.43. The minimum Gasteiger partial charge on any atom is -0.288 e. The Morgan fingerprint density at radius 1 is 0.640 bits per heavy atom. The van der Waals surface area contributed by atoms with Crippen LogP contribution in [0.3, 0.4) is 0 Å². The van der Waals surface area contributed by atoms with Crippen LogP contribution in [0.25, 0.3) is 0 Å². The maximum atomic E-state index is 11.8. The SMILES string of the molecule is O=C1/C=C\C=C\C2=CC=CC=C(/C=C\C=C\C(=O)C(Cl)=C=C=C1Cl)C2. The molecule has 0 saturated heterocycles. The molecule has 2 nitrogen and oxygen atoms in total. The van der Waals surface area contributed by atoms with E-state index in [0.29, 0.717) is 0 Å². The van der Waals surface area contributed by atoms with Crippen LogP contribution in [-0.2, 0) is 9.59 Å². The predicted octanol–water partition coefficient (Wildman–Crippen LogP) is 5.18. The average Bonchev–Trinajstić information content (AvgIpc) is 2.84. The Kier molecular flexibility index (Phi) is 7.22. The van der Waals surface area contributed by atoms with Gasteiger partial charge in [0, 0.05) is 0 Å². The molecule has 0 unspecified atom stereocenters. The number of carbonyl (C=O) groups is 2. The van der Waals surface area contributed by atoms with Gasteiger partial charge in [-0.05, 0) is 41.2 Å². The summed E-state index contributed by atoms with van der Waals surface area (Å²) in [5.74, 6) is -0.903. The van der Waals surface area contributed by atoms with Gasteiger partial charge in [-0.15, -0.1) is 0 Å². The van der Waals surface area contributed by atoms with Crippen molar-refractivity contribution in [1.29, 1.82) is 0 Å². The van der Waals surface area contributed by atoms with Crippen LogP contribution in [-0.4, -0.2) is 11.6 Å². The topological polar surface area (TPSA) is 34.1 Å². The Labute approximate surface area is 156 Å². The highest BCUT2D eigenvalue weighted by atomic mass is 35.5. The Hall–Kier alpha value is -2.60. The number of rotatable bonds is 0. The first-order valence-corrected chi connectivity index (χ1v) is 8.23. The molecular formula is C21H14Cl2O2. The van der Waals surface area contributed by atoms with Crippen LogP contribution >= 0.6 is 23.2 Å². The summed E-state index contributed by atoms with van der Waals surface area (Å²) in [6, 6.07) is 0. The molecule has 0 heterocycles. The standard InChI is InChI=1S/C21H14Cl2O2/c22-18-13-14-19(23)21(25)12-6-4-10-17-8-2-1-7-16(15-17)9-3-5-11-20(18)24/h1-12H,15H2/b9-3-,10-4+,11-5+,12-6-,19-18?. The summed E-state index contributed by atoms with van der Waals surface area (Å²) < 4.78 is 0. The lowest BCUT2D eigenvalue weighted by Crippen LogP contribution is -1.91. The fourth-order valence-corrected chi connectivity index (χ4v) is 2.18. The molecule has 4 heteroatoms. The second kappa shape index (κ2) is 9.64. The van der Waals surface area contributed by atoms with Crippen molar-refractivity contribution in [3.05, 3.63) is 106 Å². The highest BCUT2D eigenvalue weighted by Crippen LogP contribution is 2.17. The van der Waals surface area contributed by atoms with E-state index < -0.39 is 11.6 Å². The van der Waals surface area contributed by atoms with Gasteiger partial charge >= 0.3 is 0 Å². The van der Waals surface area contributed by atoms with Crippen molar-refractivity contribution in [2.75, 3.05) is 0 Å². The maximum Gasteiger partial charge on any atom is 0.205 e. The molecule has 2 aliphatic rings. The predicted molar refractivity (Wildman–Crippen MR) is 102 cm³/mol. The lowest BCUT2D eigenvalue weighted by molar-refractivity contribution is -0.111. The van der Waals surface area contributed by atoms with Gasteiger partial charge in [0.1, 0.15) is 10.1 Å². The number of carbonyl (C=O) groups excluding carboxylic acids is 2. The molecule has 2 bridgehead atoms. The fraction of sp³-hybridized carbons (Fsp3) is 0.0476. The smallest absolute Gasteiger partial charge is 0.205 e. The van der Waals surface area contributed by atoms with E-state index >= 15 is 0 Å². The third-order valence-electron chi connectivity index (χ3n) is 3.19. The van der Waals surface area contributed by atoms with Crippen LogP contribution in [0, 0.1) is 0 Å². The first-order chi connectivity index (χ1) is 12.1. The van der Waals surface area contributed by atoms with Crippen LogP contribution in [0.15, 0.2) is 106 Å². The van der Waals surface area contributed by atoms with Crippen molar-refractivity contribution < 1.29 is 9.59 Å². The summed E-state index contributed by atoms with van der Waals surface area (Å²) in [5.41, 5.74) is 6.94. The van der Waals surface area contributed by atoms with Crippen molar-refractivity contribution in [2.24, 2.45) is 0 Å². The summed E-state index contributed by atoms with van der Waals surface area (Å²) >= 11 is 11.6. The van der Waals surface area contributed by atoms with Gasteiger partial charge in [0.2, 0.25) is 11.6 Å². The molecule has 0 saturated carbocycles. The molecule has 0 aromatic carbocycles. The van der Waals surface area contributed by atoms with Gasteiger partial charge in [0.05, 0.1) is 0 Å². The number of fused-ring (bicyclic) bond motifs is 2. The molecule has 0 aromatic rings. The van der Waals surface area contributed by atoms with Gasteiger partial charge in [0.25, 0.3) is 0 Å². The summed E-state index contributed by atoms with van der Waals surface area (Å²) in [7, 11) is 0. The Morgan fingerprint density at radius 2 is 1.04 bits per heavy atom. The molecule has 0 atom stereocenters. The molecule has 0 radical (unpaired) electrons. The van der Waals surface area contributed by atoms with Crippen LogP contribution in [0.4, 0.5) is 0 Å². The van der Waals surface area contributed by atoms with Gasteiger partial charge in [-0.3, -0.25) is 9.59 Å². The fourth-order valence-electron chi connectivity index (χ4n) is 1.96. The van der Waals surface area contributed by atoms with E-state index in [0.717, 1.165) is 17.6 Å². The zero-order valence-corrected chi connectivity index (χ0v) is 14.7. The molecular weight excluding hydrogens is 355 g/mol. The molecule has 2 aliphatic carbocycles. The second-order valence-electron chi connectivity index (χ2n) is 5.09. The van der Waals surface area contributed by atoms with Crippen LogP contribution < -0.4 is 0 Å². The first-order valence-electron chi connectivity index (χ1n) is 7.48. The summed E-state index contributed by atoms with van der Waals surface area (Å²) in [6.07, 6.45) is 21.8. The number of allylic oxidation sites excluding steroid dienone is 16. The average molecular weight is 369 g/mol. The quantitative estimate of drug-likeness (QED) is 0.552.